The largest absolute Gasteiger partial charge is 0.456 e. The monoisotopic (exact) mass is 600 g/mol. The second kappa shape index (κ2) is 10.1. The van der Waals surface area contributed by atoms with E-state index in [4.69, 9.17) is 4.74 Å². The molecule has 1 aliphatic rings. The molecule has 9 aromatic rings. The Morgan fingerprint density at radius 3 is 2.02 bits per heavy atom. The standard InChI is InChI=1S/C44H28N2O/c1-2-15-31(16-3-1)46-40-20-7-6-18-35(40)36-25-23-32(27-41(36)46)45(39-21-9-12-29-11-4-5-17-34(29)39)33-24-26-37-38-19-8-13-30-14-10-22-42(44(30)38)47-43(37)28-33/h1-28H. The lowest BCUT2D eigenvalue weighted by Crippen LogP contribution is -2.11. The molecule has 3 heteroatoms. The number of ether oxygens (including phenoxy) is 1. The Bertz CT molecular complexity index is 2660. The molecule has 220 valence electrons. The summed E-state index contributed by atoms with van der Waals surface area (Å²) in [5.74, 6) is 1.76. The van der Waals surface area contributed by atoms with Crippen molar-refractivity contribution >= 4 is 60.4 Å². The number of fused-ring (bicyclic) bond motifs is 6. The van der Waals surface area contributed by atoms with E-state index in [-0.39, 0.29) is 0 Å². The molecule has 0 N–H and O–H groups in total. The molecule has 0 atom stereocenters. The summed E-state index contributed by atoms with van der Waals surface area (Å²) < 4.78 is 9.03. The molecule has 3 nitrogen and oxygen atoms in total. The molecule has 8 aromatic carbocycles. The van der Waals surface area contributed by atoms with Gasteiger partial charge in [-0.2, -0.15) is 0 Å². The third kappa shape index (κ3) is 3.93. The zero-order valence-electron chi connectivity index (χ0n) is 25.5. The molecular formula is C44H28N2O. The van der Waals surface area contributed by atoms with E-state index in [9.17, 15) is 0 Å². The fourth-order valence-electron chi connectivity index (χ4n) is 7.48. The minimum atomic E-state index is 0.860. The van der Waals surface area contributed by atoms with Crippen LogP contribution >= 0.6 is 0 Å². The van der Waals surface area contributed by atoms with Crippen molar-refractivity contribution < 1.29 is 4.74 Å². The lowest BCUT2D eigenvalue weighted by molar-refractivity contribution is 0.487. The van der Waals surface area contributed by atoms with Crippen LogP contribution in [0.4, 0.5) is 17.1 Å². The number of anilines is 3. The van der Waals surface area contributed by atoms with Crippen LogP contribution in [0.1, 0.15) is 0 Å². The second-order valence-corrected chi connectivity index (χ2v) is 12.2. The molecule has 2 heterocycles. The molecule has 1 aromatic heterocycles. The Kier molecular flexibility index (Phi) is 5.57. The van der Waals surface area contributed by atoms with Gasteiger partial charge < -0.3 is 14.2 Å². The van der Waals surface area contributed by atoms with Gasteiger partial charge in [0.1, 0.15) is 11.5 Å². The van der Waals surface area contributed by atoms with Crippen LogP contribution in [-0.2, 0) is 0 Å². The van der Waals surface area contributed by atoms with Crippen LogP contribution in [0.2, 0.25) is 0 Å². The Labute approximate surface area is 272 Å². The molecule has 47 heavy (non-hydrogen) atoms. The van der Waals surface area contributed by atoms with Crippen molar-refractivity contribution in [3.05, 3.63) is 170 Å². The van der Waals surface area contributed by atoms with E-state index >= 15 is 0 Å². The second-order valence-electron chi connectivity index (χ2n) is 12.2. The van der Waals surface area contributed by atoms with Crippen LogP contribution in [0.25, 0.3) is 60.2 Å². The molecule has 0 aliphatic carbocycles. The quantitative estimate of drug-likeness (QED) is 0.200. The first kappa shape index (κ1) is 26.0. The van der Waals surface area contributed by atoms with Gasteiger partial charge in [-0.05, 0) is 70.9 Å². The molecule has 0 unspecified atom stereocenters. The predicted molar refractivity (Wildman–Crippen MR) is 196 cm³/mol. The lowest BCUT2D eigenvalue weighted by atomic mass is 9.94. The Hall–Kier alpha value is -6.32. The molecule has 0 saturated carbocycles. The van der Waals surface area contributed by atoms with Gasteiger partial charge in [-0.3, -0.25) is 0 Å². The van der Waals surface area contributed by atoms with Crippen molar-refractivity contribution in [1.82, 2.24) is 4.57 Å². The zero-order valence-corrected chi connectivity index (χ0v) is 25.5. The molecule has 0 fully saturated rings. The molecule has 0 spiro atoms. The average molecular weight is 601 g/mol. The number of nitrogens with zero attached hydrogens (tertiary/aromatic N) is 2. The Morgan fingerprint density at radius 1 is 0.426 bits per heavy atom. The first-order chi connectivity index (χ1) is 23.3. The minimum Gasteiger partial charge on any atom is -0.456 e. The Morgan fingerprint density at radius 2 is 1.11 bits per heavy atom. The third-order valence-electron chi connectivity index (χ3n) is 9.54. The molecular weight excluding hydrogens is 572 g/mol. The van der Waals surface area contributed by atoms with Crippen molar-refractivity contribution in [3.8, 4) is 28.3 Å². The Balaban J connectivity index is 1.23. The van der Waals surface area contributed by atoms with Gasteiger partial charge in [0, 0.05) is 50.2 Å². The van der Waals surface area contributed by atoms with E-state index in [2.05, 4.69) is 179 Å². The summed E-state index contributed by atoms with van der Waals surface area (Å²) in [4.78, 5) is 2.37. The normalized spacial score (nSPS) is 12.0. The number of benzene rings is 8. The summed E-state index contributed by atoms with van der Waals surface area (Å²) in [6.45, 7) is 0. The first-order valence-electron chi connectivity index (χ1n) is 16.0. The van der Waals surface area contributed by atoms with Gasteiger partial charge in [-0.25, -0.2) is 0 Å². The fourth-order valence-corrected chi connectivity index (χ4v) is 7.48. The van der Waals surface area contributed by atoms with Gasteiger partial charge in [-0.15, -0.1) is 0 Å². The molecule has 0 bridgehead atoms. The van der Waals surface area contributed by atoms with Crippen LogP contribution in [0, 0.1) is 0 Å². The summed E-state index contributed by atoms with van der Waals surface area (Å²) in [5.41, 5.74) is 9.03. The molecule has 0 amide bonds. The molecule has 10 rings (SSSR count). The van der Waals surface area contributed by atoms with Crippen LogP contribution in [0.5, 0.6) is 11.5 Å². The highest BCUT2D eigenvalue weighted by Crippen LogP contribution is 2.49. The van der Waals surface area contributed by atoms with Crippen molar-refractivity contribution in [2.45, 2.75) is 0 Å². The maximum absolute atomic E-state index is 6.66. The topological polar surface area (TPSA) is 17.4 Å². The van der Waals surface area contributed by atoms with Crippen LogP contribution < -0.4 is 9.64 Å². The van der Waals surface area contributed by atoms with Crippen molar-refractivity contribution in [3.63, 3.8) is 0 Å². The molecule has 1 aliphatic heterocycles. The summed E-state index contributed by atoms with van der Waals surface area (Å²) in [7, 11) is 0. The molecule has 0 radical (unpaired) electrons. The average Bonchev–Trinajstić information content (AvgIpc) is 3.46. The van der Waals surface area contributed by atoms with Crippen LogP contribution in [0.15, 0.2) is 170 Å². The summed E-state index contributed by atoms with van der Waals surface area (Å²) >= 11 is 0. The highest BCUT2D eigenvalue weighted by molar-refractivity contribution is 6.11. The van der Waals surface area contributed by atoms with E-state index < -0.39 is 0 Å². The van der Waals surface area contributed by atoms with E-state index in [1.165, 1.54) is 43.4 Å². The van der Waals surface area contributed by atoms with Gasteiger partial charge in [0.15, 0.2) is 0 Å². The smallest absolute Gasteiger partial charge is 0.137 e. The maximum Gasteiger partial charge on any atom is 0.137 e. The van der Waals surface area contributed by atoms with E-state index in [1.807, 2.05) is 0 Å². The highest BCUT2D eigenvalue weighted by atomic mass is 16.5. The van der Waals surface area contributed by atoms with Crippen molar-refractivity contribution in [2.24, 2.45) is 0 Å². The summed E-state index contributed by atoms with van der Waals surface area (Å²) in [6, 6.07) is 60.8. The molecule has 0 saturated heterocycles. The maximum atomic E-state index is 6.66. The zero-order chi connectivity index (χ0) is 30.9. The third-order valence-corrected chi connectivity index (χ3v) is 9.54. The highest BCUT2D eigenvalue weighted by Gasteiger charge is 2.24. The summed E-state index contributed by atoms with van der Waals surface area (Å²) in [6.07, 6.45) is 0. The number of hydrogen-bond donors (Lipinski definition) is 0. The van der Waals surface area contributed by atoms with Crippen molar-refractivity contribution in [1.29, 1.82) is 0 Å². The summed E-state index contributed by atoms with van der Waals surface area (Å²) in [5, 5.41) is 7.21. The van der Waals surface area contributed by atoms with E-state index in [0.717, 1.165) is 45.3 Å². The van der Waals surface area contributed by atoms with Gasteiger partial charge >= 0.3 is 0 Å². The SMILES string of the molecule is c1ccc(-n2c3ccccc3c3ccc(N(c4ccc5c(c4)Oc4cccc6cccc-5c46)c4cccc5ccccc45)cc32)cc1. The van der Waals surface area contributed by atoms with Crippen LogP contribution in [-0.4, -0.2) is 4.57 Å². The number of aromatic nitrogens is 1. The van der Waals surface area contributed by atoms with Gasteiger partial charge in [0.25, 0.3) is 0 Å². The van der Waals surface area contributed by atoms with Gasteiger partial charge in [-0.1, -0.05) is 109 Å². The lowest BCUT2D eigenvalue weighted by Gasteiger charge is -2.29. The van der Waals surface area contributed by atoms with E-state index in [0.29, 0.717) is 0 Å². The fraction of sp³-hybridized carbons (Fsp3) is 0. The number of hydrogen-bond acceptors (Lipinski definition) is 2. The van der Waals surface area contributed by atoms with Crippen LogP contribution in [0.3, 0.4) is 0 Å². The van der Waals surface area contributed by atoms with Gasteiger partial charge in [0.05, 0.1) is 16.7 Å². The van der Waals surface area contributed by atoms with E-state index in [1.54, 1.807) is 0 Å². The number of para-hydroxylation sites is 2. The first-order valence-corrected chi connectivity index (χ1v) is 16.0. The predicted octanol–water partition coefficient (Wildman–Crippen LogP) is 12.3. The minimum absolute atomic E-state index is 0.860. The van der Waals surface area contributed by atoms with Crippen molar-refractivity contribution in [2.75, 3.05) is 4.90 Å². The van der Waals surface area contributed by atoms with Gasteiger partial charge in [0.2, 0.25) is 0 Å². The number of rotatable bonds is 4.